The average Bonchev–Trinajstić information content (AvgIpc) is 3.48. The second kappa shape index (κ2) is 8.36. The van der Waals surface area contributed by atoms with Gasteiger partial charge in [0, 0.05) is 44.9 Å². The smallest absolute Gasteiger partial charge is 0.332 e. The van der Waals surface area contributed by atoms with E-state index in [0.717, 1.165) is 4.57 Å². The normalized spacial score (nSPS) is 15.6. The van der Waals surface area contributed by atoms with E-state index in [-0.39, 0.29) is 42.2 Å². The van der Waals surface area contributed by atoms with Crippen LogP contribution in [0.2, 0.25) is 0 Å². The van der Waals surface area contributed by atoms with Crippen LogP contribution < -0.4 is 26.0 Å². The highest BCUT2D eigenvalue weighted by atomic mass is 16.7. The molecule has 2 aliphatic rings. The van der Waals surface area contributed by atoms with Crippen molar-refractivity contribution in [2.75, 3.05) is 25.2 Å². The first-order valence-corrected chi connectivity index (χ1v) is 10.9. The molecule has 0 aliphatic carbocycles. The molecule has 1 fully saturated rings. The van der Waals surface area contributed by atoms with Gasteiger partial charge in [-0.15, -0.1) is 0 Å². The summed E-state index contributed by atoms with van der Waals surface area (Å²) in [7, 11) is 2.92. The maximum Gasteiger partial charge on any atom is 0.332 e. The molecule has 2 amide bonds. The number of hydrogen-bond donors (Lipinski definition) is 1. The third-order valence-electron chi connectivity index (χ3n) is 6.38. The summed E-state index contributed by atoms with van der Waals surface area (Å²) in [6.07, 6.45) is 2.46. The summed E-state index contributed by atoms with van der Waals surface area (Å²) in [5.74, 6) is 0.752. The number of ether oxygens (including phenoxy) is 2. The highest BCUT2D eigenvalue weighted by Gasteiger charge is 2.28. The number of fused-ring (bicyclic) bond motifs is 2. The molecule has 0 spiro atoms. The number of carbonyl (C=O) groups excluding carboxylic acids is 2. The first-order valence-electron chi connectivity index (χ1n) is 10.9. The van der Waals surface area contributed by atoms with Gasteiger partial charge < -0.3 is 24.3 Å². The van der Waals surface area contributed by atoms with Gasteiger partial charge in [-0.25, -0.2) is 9.78 Å². The summed E-state index contributed by atoms with van der Waals surface area (Å²) in [6, 6.07) is 5.25. The lowest BCUT2D eigenvalue weighted by Gasteiger charge is -2.31. The number of hydrogen-bond acceptors (Lipinski definition) is 7. The van der Waals surface area contributed by atoms with Crippen LogP contribution in [0.1, 0.15) is 12.8 Å². The van der Waals surface area contributed by atoms with Crippen molar-refractivity contribution in [1.29, 1.82) is 0 Å². The van der Waals surface area contributed by atoms with Crippen LogP contribution >= 0.6 is 0 Å². The molecular formula is C22H24N6O6. The Kier molecular flexibility index (Phi) is 5.34. The number of imidazole rings is 1. The lowest BCUT2D eigenvalue weighted by atomic mass is 9.95. The Hall–Kier alpha value is -4.09. The van der Waals surface area contributed by atoms with E-state index < -0.39 is 11.2 Å². The van der Waals surface area contributed by atoms with Crippen molar-refractivity contribution in [3.8, 4) is 11.5 Å². The molecule has 178 valence electrons. The summed E-state index contributed by atoms with van der Waals surface area (Å²) < 4.78 is 14.4. The fourth-order valence-corrected chi connectivity index (χ4v) is 4.37. The number of amides is 2. The van der Waals surface area contributed by atoms with Gasteiger partial charge in [-0.3, -0.25) is 23.5 Å². The molecule has 1 aromatic carbocycles. The predicted molar refractivity (Wildman–Crippen MR) is 121 cm³/mol. The van der Waals surface area contributed by atoms with Gasteiger partial charge in [0.25, 0.3) is 5.56 Å². The number of aryl methyl sites for hydroxylation is 1. The Labute approximate surface area is 193 Å². The number of carbonyl (C=O) groups is 2. The van der Waals surface area contributed by atoms with Gasteiger partial charge in [-0.05, 0) is 25.0 Å². The van der Waals surface area contributed by atoms with Crippen LogP contribution in [0, 0.1) is 5.92 Å². The molecule has 0 saturated carbocycles. The molecule has 5 rings (SSSR count). The Balaban J connectivity index is 1.21. The Morgan fingerprint density at radius 1 is 1.09 bits per heavy atom. The zero-order chi connectivity index (χ0) is 24.0. The number of benzene rings is 1. The molecule has 1 N–H and O–H groups in total. The fourth-order valence-electron chi connectivity index (χ4n) is 4.37. The van der Waals surface area contributed by atoms with Crippen molar-refractivity contribution in [2.45, 2.75) is 19.4 Å². The first kappa shape index (κ1) is 21.7. The predicted octanol–water partition coefficient (Wildman–Crippen LogP) is 0.0397. The quantitative estimate of drug-likeness (QED) is 0.572. The van der Waals surface area contributed by atoms with Gasteiger partial charge in [0.1, 0.15) is 6.54 Å². The first-order chi connectivity index (χ1) is 16.3. The van der Waals surface area contributed by atoms with Crippen molar-refractivity contribution in [3.63, 3.8) is 0 Å². The number of aromatic nitrogens is 4. The molecule has 1 saturated heterocycles. The van der Waals surface area contributed by atoms with E-state index in [1.807, 2.05) is 0 Å². The third-order valence-corrected chi connectivity index (χ3v) is 6.38. The molecule has 2 aromatic heterocycles. The van der Waals surface area contributed by atoms with Crippen LogP contribution in [0.25, 0.3) is 11.2 Å². The lowest BCUT2D eigenvalue weighted by molar-refractivity contribution is -0.135. The van der Waals surface area contributed by atoms with Crippen molar-refractivity contribution < 1.29 is 19.1 Å². The highest BCUT2D eigenvalue weighted by Crippen LogP contribution is 2.34. The summed E-state index contributed by atoms with van der Waals surface area (Å²) in [4.78, 5) is 56.1. The van der Waals surface area contributed by atoms with Crippen LogP contribution in [0.3, 0.4) is 0 Å². The molecule has 0 unspecified atom stereocenters. The SMILES string of the molecule is Cn1c(=O)c2c(ncn2CC(=O)N2CCC(C(=O)Nc3ccc4c(c3)OCO4)CC2)n(C)c1=O. The zero-order valence-electron chi connectivity index (χ0n) is 18.8. The van der Waals surface area contributed by atoms with Crippen LogP contribution in [-0.2, 0) is 30.2 Å². The summed E-state index contributed by atoms with van der Waals surface area (Å²) in [5.41, 5.74) is 0.101. The molecule has 34 heavy (non-hydrogen) atoms. The summed E-state index contributed by atoms with van der Waals surface area (Å²) >= 11 is 0. The topological polar surface area (TPSA) is 130 Å². The van der Waals surface area contributed by atoms with Gasteiger partial charge in [-0.2, -0.15) is 0 Å². The monoisotopic (exact) mass is 468 g/mol. The van der Waals surface area contributed by atoms with Gasteiger partial charge in [-0.1, -0.05) is 0 Å². The minimum atomic E-state index is -0.498. The van der Waals surface area contributed by atoms with Gasteiger partial charge >= 0.3 is 5.69 Å². The number of piperidine rings is 1. The fraction of sp³-hybridized carbons (Fsp3) is 0.409. The minimum Gasteiger partial charge on any atom is -0.454 e. The zero-order valence-corrected chi connectivity index (χ0v) is 18.8. The molecule has 12 nitrogen and oxygen atoms in total. The second-order valence-corrected chi connectivity index (χ2v) is 8.46. The number of nitrogens with zero attached hydrogens (tertiary/aromatic N) is 5. The van der Waals surface area contributed by atoms with E-state index in [9.17, 15) is 19.2 Å². The number of rotatable bonds is 4. The van der Waals surface area contributed by atoms with Crippen molar-refractivity contribution in [1.82, 2.24) is 23.6 Å². The van der Waals surface area contributed by atoms with Crippen molar-refractivity contribution >= 4 is 28.7 Å². The Bertz CT molecular complexity index is 1410. The summed E-state index contributed by atoms with van der Waals surface area (Å²) in [5, 5.41) is 2.91. The van der Waals surface area contributed by atoms with Gasteiger partial charge in [0.15, 0.2) is 22.7 Å². The van der Waals surface area contributed by atoms with E-state index in [0.29, 0.717) is 43.1 Å². The largest absolute Gasteiger partial charge is 0.454 e. The van der Waals surface area contributed by atoms with Crippen LogP contribution in [0.4, 0.5) is 5.69 Å². The molecule has 3 aromatic rings. The number of likely N-dealkylation sites (tertiary alicyclic amines) is 1. The molecule has 0 radical (unpaired) electrons. The Morgan fingerprint density at radius 2 is 1.82 bits per heavy atom. The van der Waals surface area contributed by atoms with Crippen LogP contribution in [0.15, 0.2) is 34.1 Å². The molecule has 0 atom stereocenters. The van der Waals surface area contributed by atoms with Crippen LogP contribution in [0.5, 0.6) is 11.5 Å². The maximum atomic E-state index is 12.9. The molecule has 2 aliphatic heterocycles. The van der Waals surface area contributed by atoms with Gasteiger partial charge in [0.2, 0.25) is 18.6 Å². The van der Waals surface area contributed by atoms with E-state index >= 15 is 0 Å². The maximum absolute atomic E-state index is 12.9. The minimum absolute atomic E-state index is 0.0714. The van der Waals surface area contributed by atoms with E-state index in [2.05, 4.69) is 10.3 Å². The number of anilines is 1. The molecule has 12 heteroatoms. The van der Waals surface area contributed by atoms with Crippen molar-refractivity contribution in [3.05, 3.63) is 45.4 Å². The van der Waals surface area contributed by atoms with E-state index in [1.165, 1.54) is 29.6 Å². The molecule has 0 bridgehead atoms. The molecular weight excluding hydrogens is 444 g/mol. The third kappa shape index (κ3) is 3.70. The summed E-state index contributed by atoms with van der Waals surface area (Å²) in [6.45, 7) is 0.959. The van der Waals surface area contributed by atoms with Crippen molar-refractivity contribution in [2.24, 2.45) is 20.0 Å². The van der Waals surface area contributed by atoms with Crippen LogP contribution in [-0.4, -0.2) is 55.3 Å². The number of nitrogens with one attached hydrogen (secondary N) is 1. The highest BCUT2D eigenvalue weighted by molar-refractivity contribution is 5.93. The van der Waals surface area contributed by atoms with Gasteiger partial charge in [0.05, 0.1) is 6.33 Å². The molecule has 4 heterocycles. The second-order valence-electron chi connectivity index (χ2n) is 8.46. The van der Waals surface area contributed by atoms with E-state index in [4.69, 9.17) is 9.47 Å². The lowest BCUT2D eigenvalue weighted by Crippen LogP contribution is -2.43. The van der Waals surface area contributed by atoms with E-state index in [1.54, 1.807) is 23.1 Å². The average molecular weight is 468 g/mol. The Morgan fingerprint density at radius 3 is 2.59 bits per heavy atom. The standard InChI is InChI=1S/C22H24N6O6/c1-25-19-18(21(31)26(2)22(25)32)28(11-23-19)10-17(29)27-7-5-13(6-8-27)20(30)24-14-3-4-15-16(9-14)34-12-33-15/h3-4,9,11,13H,5-8,10,12H2,1-2H3,(H,24,30).